The van der Waals surface area contributed by atoms with E-state index in [0.717, 1.165) is 33.1 Å². The van der Waals surface area contributed by atoms with Gasteiger partial charge in [0.25, 0.3) is 5.91 Å². The number of rotatable bonds is 8. The summed E-state index contributed by atoms with van der Waals surface area (Å²) in [5.74, 6) is 1.28. The molecule has 0 aliphatic rings. The van der Waals surface area contributed by atoms with E-state index in [1.165, 1.54) is 0 Å². The third-order valence-corrected chi connectivity index (χ3v) is 6.37. The molecule has 6 nitrogen and oxygen atoms in total. The molecule has 34 heavy (non-hydrogen) atoms. The summed E-state index contributed by atoms with van der Waals surface area (Å²) >= 11 is 1.59. The molecule has 0 unspecified atom stereocenters. The Balaban J connectivity index is 1.40. The number of thiazole rings is 1. The second-order valence-corrected chi connectivity index (χ2v) is 8.79. The highest BCUT2D eigenvalue weighted by molar-refractivity contribution is 7.13. The van der Waals surface area contributed by atoms with Crippen molar-refractivity contribution in [1.29, 1.82) is 0 Å². The molecule has 0 aliphatic carbocycles. The molecule has 0 aliphatic heterocycles. The van der Waals surface area contributed by atoms with Crippen molar-refractivity contribution in [2.75, 3.05) is 33.2 Å². The Kier molecular flexibility index (Phi) is 7.13. The number of benzene rings is 3. The molecule has 4 rings (SSSR count). The molecule has 1 N–H and O–H groups in total. The van der Waals surface area contributed by atoms with Crippen molar-refractivity contribution in [3.8, 4) is 33.3 Å². The van der Waals surface area contributed by atoms with Gasteiger partial charge in [0.15, 0.2) is 11.5 Å². The molecule has 4 aromatic rings. The highest BCUT2D eigenvalue weighted by atomic mass is 32.1. The molecule has 0 fully saturated rings. The number of carbonyl (C=O) groups is 1. The fraction of sp³-hybridized carbons (Fsp3) is 0.185. The smallest absolute Gasteiger partial charge is 0.251 e. The van der Waals surface area contributed by atoms with E-state index < -0.39 is 0 Å². The maximum absolute atomic E-state index is 12.5. The average molecular weight is 474 g/mol. The first-order chi connectivity index (χ1) is 16.5. The van der Waals surface area contributed by atoms with Crippen LogP contribution in [0.25, 0.3) is 21.8 Å². The third-order valence-electron chi connectivity index (χ3n) is 5.48. The van der Waals surface area contributed by atoms with E-state index in [1.54, 1.807) is 25.6 Å². The second kappa shape index (κ2) is 10.4. The number of methoxy groups -OCH3 is 2. The van der Waals surface area contributed by atoms with Crippen molar-refractivity contribution < 1.29 is 14.3 Å². The Labute approximate surface area is 203 Å². The number of nitrogens with one attached hydrogen (secondary N) is 1. The summed E-state index contributed by atoms with van der Waals surface area (Å²) in [6, 6.07) is 21.4. The van der Waals surface area contributed by atoms with Crippen molar-refractivity contribution in [3.63, 3.8) is 0 Å². The van der Waals surface area contributed by atoms with Crippen LogP contribution in [0.3, 0.4) is 0 Å². The number of ether oxygens (including phenoxy) is 2. The number of carbonyl (C=O) groups excluding carboxylic acids is 1. The fourth-order valence-corrected chi connectivity index (χ4v) is 4.33. The number of anilines is 1. The maximum atomic E-state index is 12.5. The number of nitrogens with zero attached hydrogens (tertiary/aromatic N) is 2. The molecule has 3 aromatic carbocycles. The quantitative estimate of drug-likeness (QED) is 0.367. The van der Waals surface area contributed by atoms with Crippen molar-refractivity contribution in [2.24, 2.45) is 0 Å². The predicted molar refractivity (Wildman–Crippen MR) is 138 cm³/mol. The molecule has 0 saturated carbocycles. The molecular formula is C27H27N3O3S. The Morgan fingerprint density at radius 3 is 2.24 bits per heavy atom. The fourth-order valence-electron chi connectivity index (χ4n) is 3.49. The van der Waals surface area contributed by atoms with Gasteiger partial charge in [0.2, 0.25) is 0 Å². The molecule has 1 heterocycles. The van der Waals surface area contributed by atoms with E-state index in [4.69, 9.17) is 14.5 Å². The van der Waals surface area contributed by atoms with Crippen molar-refractivity contribution >= 4 is 22.9 Å². The standard InChI is InChI=1S/C27H27N3O3S/c1-30(2)22-12-9-19(10-13-22)26(31)28-16-18-5-7-20(8-6-18)27-29-23(17-34-27)21-11-14-24(32-3)25(15-21)33-4/h5-15,17H,16H2,1-4H3,(H,28,31). The molecule has 0 saturated heterocycles. The first-order valence-electron chi connectivity index (χ1n) is 10.8. The summed E-state index contributed by atoms with van der Waals surface area (Å²) in [6.07, 6.45) is 0. The zero-order chi connectivity index (χ0) is 24.1. The van der Waals surface area contributed by atoms with Crippen LogP contribution in [0.15, 0.2) is 72.1 Å². The van der Waals surface area contributed by atoms with Gasteiger partial charge in [-0.05, 0) is 48.0 Å². The summed E-state index contributed by atoms with van der Waals surface area (Å²) in [5, 5.41) is 5.95. The van der Waals surface area contributed by atoms with E-state index in [0.29, 0.717) is 23.6 Å². The minimum atomic E-state index is -0.0890. The van der Waals surface area contributed by atoms with E-state index >= 15 is 0 Å². The van der Waals surface area contributed by atoms with Crippen LogP contribution in [-0.2, 0) is 6.54 Å². The lowest BCUT2D eigenvalue weighted by Crippen LogP contribution is -2.22. The monoisotopic (exact) mass is 473 g/mol. The van der Waals surface area contributed by atoms with E-state index in [-0.39, 0.29) is 5.91 Å². The van der Waals surface area contributed by atoms with Crippen LogP contribution in [-0.4, -0.2) is 39.2 Å². The molecule has 0 atom stereocenters. The summed E-state index contributed by atoms with van der Waals surface area (Å²) in [5.41, 5.74) is 5.62. The summed E-state index contributed by atoms with van der Waals surface area (Å²) in [7, 11) is 7.19. The van der Waals surface area contributed by atoms with Gasteiger partial charge in [-0.2, -0.15) is 0 Å². The van der Waals surface area contributed by atoms with Crippen molar-refractivity contribution in [1.82, 2.24) is 10.3 Å². The number of aromatic nitrogens is 1. The molecule has 7 heteroatoms. The maximum Gasteiger partial charge on any atom is 0.251 e. The van der Waals surface area contributed by atoms with E-state index in [2.05, 4.69) is 5.32 Å². The van der Waals surface area contributed by atoms with Crippen LogP contribution >= 0.6 is 11.3 Å². The highest BCUT2D eigenvalue weighted by Gasteiger charge is 2.11. The zero-order valence-electron chi connectivity index (χ0n) is 19.7. The van der Waals surface area contributed by atoms with Gasteiger partial charge in [-0.3, -0.25) is 4.79 Å². The summed E-state index contributed by atoms with van der Waals surface area (Å²) in [4.78, 5) is 19.3. The normalized spacial score (nSPS) is 10.6. The lowest BCUT2D eigenvalue weighted by Gasteiger charge is -2.12. The largest absolute Gasteiger partial charge is 0.493 e. The Bertz CT molecular complexity index is 1270. The molecule has 0 spiro atoms. The number of amides is 1. The SMILES string of the molecule is COc1ccc(-c2csc(-c3ccc(CNC(=O)c4ccc(N(C)C)cc4)cc3)n2)cc1OC. The Hall–Kier alpha value is -3.84. The average Bonchev–Trinajstić information content (AvgIpc) is 3.37. The van der Waals surface area contributed by atoms with Gasteiger partial charge in [0, 0.05) is 48.4 Å². The predicted octanol–water partition coefficient (Wildman–Crippen LogP) is 5.49. The lowest BCUT2D eigenvalue weighted by atomic mass is 10.1. The van der Waals surface area contributed by atoms with Crippen LogP contribution in [0.5, 0.6) is 11.5 Å². The summed E-state index contributed by atoms with van der Waals surface area (Å²) in [6.45, 7) is 0.462. The molecule has 174 valence electrons. The van der Waals surface area contributed by atoms with Crippen molar-refractivity contribution in [2.45, 2.75) is 6.54 Å². The Morgan fingerprint density at radius 2 is 1.59 bits per heavy atom. The number of hydrogen-bond acceptors (Lipinski definition) is 6. The van der Waals surface area contributed by atoms with Gasteiger partial charge in [-0.15, -0.1) is 11.3 Å². The second-order valence-electron chi connectivity index (χ2n) is 7.93. The Morgan fingerprint density at radius 1 is 0.912 bits per heavy atom. The van der Waals surface area contributed by atoms with E-state index in [9.17, 15) is 4.79 Å². The third kappa shape index (κ3) is 5.21. The zero-order valence-corrected chi connectivity index (χ0v) is 20.5. The van der Waals surface area contributed by atoms with Crippen LogP contribution in [0.4, 0.5) is 5.69 Å². The molecule has 1 amide bonds. The first kappa shape index (κ1) is 23.3. The van der Waals surface area contributed by atoms with Crippen molar-refractivity contribution in [3.05, 3.63) is 83.2 Å². The van der Waals surface area contributed by atoms with Gasteiger partial charge in [0.1, 0.15) is 5.01 Å². The lowest BCUT2D eigenvalue weighted by molar-refractivity contribution is 0.0951. The van der Waals surface area contributed by atoms with Crippen LogP contribution < -0.4 is 19.7 Å². The van der Waals surface area contributed by atoms with Gasteiger partial charge in [-0.1, -0.05) is 24.3 Å². The van der Waals surface area contributed by atoms with Gasteiger partial charge >= 0.3 is 0 Å². The minimum absolute atomic E-state index is 0.0890. The van der Waals surface area contributed by atoms with Gasteiger partial charge in [0.05, 0.1) is 19.9 Å². The highest BCUT2D eigenvalue weighted by Crippen LogP contribution is 2.34. The van der Waals surface area contributed by atoms with Crippen LogP contribution in [0.1, 0.15) is 15.9 Å². The van der Waals surface area contributed by atoms with Crippen LogP contribution in [0.2, 0.25) is 0 Å². The first-order valence-corrected chi connectivity index (χ1v) is 11.7. The summed E-state index contributed by atoms with van der Waals surface area (Å²) < 4.78 is 10.7. The molecular weight excluding hydrogens is 446 g/mol. The minimum Gasteiger partial charge on any atom is -0.493 e. The number of hydrogen-bond donors (Lipinski definition) is 1. The van der Waals surface area contributed by atoms with Gasteiger partial charge < -0.3 is 19.7 Å². The molecule has 1 aromatic heterocycles. The topological polar surface area (TPSA) is 63.7 Å². The molecule has 0 radical (unpaired) electrons. The van der Waals surface area contributed by atoms with Crippen LogP contribution in [0, 0.1) is 0 Å². The van der Waals surface area contributed by atoms with Gasteiger partial charge in [-0.25, -0.2) is 4.98 Å². The van der Waals surface area contributed by atoms with E-state index in [1.807, 2.05) is 91.1 Å². The molecule has 0 bridgehead atoms.